The fourth-order valence-electron chi connectivity index (χ4n) is 12.3. The molecule has 12 heteroatoms. The third-order valence-electron chi connectivity index (χ3n) is 16.7. The second-order valence-electron chi connectivity index (χ2n) is 21.2. The minimum absolute atomic E-state index is 0. The molecule has 8 nitrogen and oxygen atoms in total. The molecule has 8 aromatic rings. The molecule has 4 heterocycles. The molecule has 0 N–H and O–H groups in total. The molecule has 372 valence electrons. The van der Waals surface area contributed by atoms with Gasteiger partial charge < -0.3 is 40.9 Å². The molecule has 0 aromatic heterocycles. The van der Waals surface area contributed by atoms with Crippen molar-refractivity contribution in [3.8, 4) is 22.3 Å². The Morgan fingerprint density at radius 2 is 0.513 bits per heavy atom. The predicted octanol–water partition coefficient (Wildman–Crippen LogP) is 3.73. The summed E-state index contributed by atoms with van der Waals surface area (Å²) in [6, 6.07) is 54.9. The molecule has 0 amide bonds. The Morgan fingerprint density at radius 1 is 0.303 bits per heavy atom. The molecule has 4 fully saturated rings. The van der Waals surface area contributed by atoms with E-state index in [1.807, 2.05) is 0 Å². The van der Waals surface area contributed by atoms with E-state index in [0.29, 0.717) is 24.2 Å². The number of hydrogen-bond donors (Lipinski definition) is 0. The smallest absolute Gasteiger partial charge is 0.683 e. The third kappa shape index (κ3) is 13.1. The molecule has 0 bridgehead atoms. The molecule has 0 aliphatic carbocycles. The Balaban J connectivity index is 0.000000210. The van der Waals surface area contributed by atoms with E-state index in [1.54, 1.807) is 0 Å². The van der Waals surface area contributed by atoms with Gasteiger partial charge in [0, 0.05) is 0 Å². The quantitative estimate of drug-likeness (QED) is 0.156. The van der Waals surface area contributed by atoms with Crippen molar-refractivity contribution in [1.82, 2.24) is 19.6 Å². The van der Waals surface area contributed by atoms with Gasteiger partial charge in [-0.15, -0.1) is 48.9 Å². The van der Waals surface area contributed by atoms with Crippen LogP contribution in [0, 0.1) is 0 Å². The predicted molar refractivity (Wildman–Crippen MR) is 308 cm³/mol. The van der Waals surface area contributed by atoms with Crippen molar-refractivity contribution in [2.45, 2.75) is 75.5 Å². The number of fused-ring (bicyclic) bond motifs is 4. The maximum absolute atomic E-state index is 5.27. The Morgan fingerprint density at radius 3 is 0.711 bits per heavy atom. The normalized spacial score (nSPS) is 19.8. The van der Waals surface area contributed by atoms with Crippen molar-refractivity contribution in [2.75, 3.05) is 80.5 Å². The van der Waals surface area contributed by atoms with Crippen LogP contribution >= 0.6 is 0 Å². The van der Waals surface area contributed by atoms with E-state index in [9.17, 15) is 0 Å². The van der Waals surface area contributed by atoms with Gasteiger partial charge in [0.1, 0.15) is 0 Å². The summed E-state index contributed by atoms with van der Waals surface area (Å²) < 4.78 is 0. The van der Waals surface area contributed by atoms with Crippen LogP contribution in [-0.2, 0) is 0 Å². The van der Waals surface area contributed by atoms with Gasteiger partial charge in [-0.05, 0) is 195 Å². The van der Waals surface area contributed by atoms with E-state index >= 15 is 0 Å². The van der Waals surface area contributed by atoms with Crippen LogP contribution in [0.1, 0.15) is 51.4 Å². The van der Waals surface area contributed by atoms with E-state index in [0.717, 1.165) is 48.9 Å². The summed E-state index contributed by atoms with van der Waals surface area (Å²) in [4.78, 5) is 9.84. The van der Waals surface area contributed by atoms with Crippen LogP contribution < -0.4 is 75.4 Å². The van der Waals surface area contributed by atoms with Gasteiger partial charge in [-0.2, -0.15) is 0 Å². The first-order chi connectivity index (χ1) is 35.4. The number of nitrogens with zero attached hydrogens (tertiary/aromatic N) is 8. The van der Waals surface area contributed by atoms with E-state index in [2.05, 4.69) is 193 Å². The summed E-state index contributed by atoms with van der Waals surface area (Å²) in [5, 5.41) is 31.1. The SMILES string of the molecule is CN1CCC[C@H]1C[N-]c1ccc2ccccc2c1-c1c([N-]C[C@@H]2CCCN2C)ccc2ccccc12.CN1CCC[C@H]1C[N-]c1ccc2ccccc2c1-c1c([N-]C[C@@H]2CCCN2C)ccc2ccccc12.[Li+].[Li+].[Li+].[Li+]. The van der Waals surface area contributed by atoms with Gasteiger partial charge in [0.2, 0.25) is 0 Å². The summed E-state index contributed by atoms with van der Waals surface area (Å²) in [6.45, 7) is 8.05. The number of rotatable bonds is 14. The van der Waals surface area contributed by atoms with Crippen molar-refractivity contribution in [1.29, 1.82) is 0 Å². The first-order valence-corrected chi connectivity index (χ1v) is 27.0. The first kappa shape index (κ1) is 59.9. The molecule has 8 aromatic carbocycles. The summed E-state index contributed by atoms with van der Waals surface area (Å²) in [5.41, 5.74) is 9.24. The van der Waals surface area contributed by atoms with Crippen molar-refractivity contribution in [3.05, 3.63) is 167 Å². The molecule has 4 saturated heterocycles. The Bertz CT molecular complexity index is 2750. The minimum Gasteiger partial charge on any atom is -0.683 e. The minimum atomic E-state index is 0. The molecule has 0 radical (unpaired) electrons. The van der Waals surface area contributed by atoms with Crippen molar-refractivity contribution in [2.24, 2.45) is 0 Å². The Labute approximate surface area is 501 Å². The van der Waals surface area contributed by atoms with Gasteiger partial charge >= 0.3 is 75.4 Å². The molecule has 4 atom stereocenters. The second kappa shape index (κ2) is 27.9. The topological polar surface area (TPSA) is 69.4 Å². The van der Waals surface area contributed by atoms with Crippen LogP contribution in [0.2, 0.25) is 0 Å². The maximum Gasteiger partial charge on any atom is 1.00 e. The fourth-order valence-corrected chi connectivity index (χ4v) is 12.3. The second-order valence-corrected chi connectivity index (χ2v) is 21.2. The number of likely N-dealkylation sites (tertiary alicyclic amines) is 4. The molecule has 0 spiro atoms. The van der Waals surface area contributed by atoms with Gasteiger partial charge in [-0.25, -0.2) is 0 Å². The number of hydrogen-bond acceptors (Lipinski definition) is 4. The fraction of sp³-hybridized carbons (Fsp3) is 0.375. The van der Waals surface area contributed by atoms with E-state index in [-0.39, 0.29) is 75.4 Å². The zero-order valence-corrected chi connectivity index (χ0v) is 47.1. The van der Waals surface area contributed by atoms with E-state index in [1.165, 1.54) is 143 Å². The molecule has 12 rings (SSSR count). The number of benzene rings is 8. The largest absolute Gasteiger partial charge is 1.00 e. The third-order valence-corrected chi connectivity index (χ3v) is 16.7. The van der Waals surface area contributed by atoms with Gasteiger partial charge in [0.25, 0.3) is 0 Å². The first-order valence-electron chi connectivity index (χ1n) is 27.0. The Hall–Kier alpha value is -3.77. The van der Waals surface area contributed by atoms with Gasteiger partial charge in [-0.1, -0.05) is 146 Å². The van der Waals surface area contributed by atoms with E-state index in [4.69, 9.17) is 21.3 Å². The van der Waals surface area contributed by atoms with Crippen LogP contribution in [0.15, 0.2) is 146 Å². The van der Waals surface area contributed by atoms with Gasteiger partial charge in [0.15, 0.2) is 0 Å². The molecule has 4 aliphatic heterocycles. The van der Waals surface area contributed by atoms with Crippen LogP contribution in [0.5, 0.6) is 0 Å². The molecule has 4 aliphatic rings. The zero-order valence-electron chi connectivity index (χ0n) is 47.1. The molecular formula is C64H72Li4N8. The summed E-state index contributed by atoms with van der Waals surface area (Å²) in [5.74, 6) is 0. The Kier molecular flexibility index (Phi) is 22.0. The van der Waals surface area contributed by atoms with Crippen LogP contribution in [0.3, 0.4) is 0 Å². The molecule has 0 saturated carbocycles. The van der Waals surface area contributed by atoms with Crippen molar-refractivity contribution in [3.63, 3.8) is 0 Å². The van der Waals surface area contributed by atoms with Crippen molar-refractivity contribution < 1.29 is 75.4 Å². The molecule has 0 unspecified atom stereocenters. The zero-order chi connectivity index (χ0) is 49.0. The van der Waals surface area contributed by atoms with Crippen molar-refractivity contribution >= 4 is 65.8 Å². The molecule has 76 heavy (non-hydrogen) atoms. The summed E-state index contributed by atoms with van der Waals surface area (Å²) in [7, 11) is 8.93. The molecular weight excluding hydrogens is 909 g/mol. The average Bonchev–Trinajstić information content (AvgIpc) is 4.24. The summed E-state index contributed by atoms with van der Waals surface area (Å²) in [6.07, 6.45) is 9.98. The average molecular weight is 981 g/mol. The monoisotopic (exact) mass is 981 g/mol. The maximum atomic E-state index is 5.27. The van der Waals surface area contributed by atoms with E-state index < -0.39 is 0 Å². The van der Waals surface area contributed by atoms with Gasteiger partial charge in [0.05, 0.1) is 0 Å². The van der Waals surface area contributed by atoms with Gasteiger partial charge in [-0.3, -0.25) is 0 Å². The van der Waals surface area contributed by atoms with Crippen LogP contribution in [0.25, 0.3) is 86.6 Å². The van der Waals surface area contributed by atoms with Crippen LogP contribution in [0.4, 0.5) is 22.7 Å². The number of likely N-dealkylation sites (N-methyl/N-ethyl adjacent to an activating group) is 4. The standard InChI is InChI=1S/2C32H36N4.4Li/c2*1-35-19-7-11-25(35)21-33-29-17-15-23-9-3-5-13-27(23)31(29)32-28-14-6-4-10-24(28)16-18-30(32)34-22-26-12-8-20-36(26)2;;;;/h2*3-6,9-10,13-18,25-26H,7-8,11-12,19-22H2,1-2H3;;;;/q2*-2;4*+1/t2*25-,26-;;;;/m00..../s1. The summed E-state index contributed by atoms with van der Waals surface area (Å²) >= 11 is 0. The van der Waals surface area contributed by atoms with Crippen LogP contribution in [-0.4, -0.2) is 124 Å².